The molecule has 0 spiro atoms. The summed E-state index contributed by atoms with van der Waals surface area (Å²) in [5, 5.41) is 0. The van der Waals surface area contributed by atoms with Crippen molar-refractivity contribution in [3.8, 4) is 0 Å². The molecule has 3 nitrogen and oxygen atoms in total. The monoisotopic (exact) mass is 450 g/mol. The van der Waals surface area contributed by atoms with Gasteiger partial charge in [0.1, 0.15) is 17.7 Å². The largest absolute Gasteiger partial charge is 0.367 e. The lowest BCUT2D eigenvalue weighted by Crippen LogP contribution is -2.47. The second-order valence-electron chi connectivity index (χ2n) is 8.57. The quantitative estimate of drug-likeness (QED) is 0.416. The predicted octanol–water partition coefficient (Wildman–Crippen LogP) is 5.32. The van der Waals surface area contributed by atoms with Crippen LogP contribution in [-0.2, 0) is 11.2 Å². The first-order valence-corrected chi connectivity index (χ1v) is 11.8. The summed E-state index contributed by atoms with van der Waals surface area (Å²) >= 11 is 0. The van der Waals surface area contributed by atoms with E-state index in [0.29, 0.717) is 17.7 Å². The summed E-state index contributed by atoms with van der Waals surface area (Å²) < 4.78 is 35.0. The molecule has 0 N–H and O–H groups in total. The van der Waals surface area contributed by atoms with Crippen LogP contribution in [0.1, 0.15) is 29.2 Å². The van der Waals surface area contributed by atoms with Crippen molar-refractivity contribution in [1.29, 1.82) is 0 Å². The summed E-state index contributed by atoms with van der Waals surface area (Å²) in [7, 11) is 0. The van der Waals surface area contributed by atoms with Crippen LogP contribution < -0.4 is 0 Å². The predicted molar refractivity (Wildman–Crippen MR) is 128 cm³/mol. The molecule has 0 unspecified atom stereocenters. The third-order valence-corrected chi connectivity index (χ3v) is 6.31. The first-order chi connectivity index (χ1) is 16.2. The van der Waals surface area contributed by atoms with E-state index in [2.05, 4.69) is 40.1 Å². The maximum absolute atomic E-state index is 14.5. The molecule has 0 radical (unpaired) electrons. The lowest BCUT2D eigenvalue weighted by Gasteiger charge is -2.35. The van der Waals surface area contributed by atoms with Crippen LogP contribution in [0.5, 0.6) is 0 Å². The Labute approximate surface area is 195 Å². The van der Waals surface area contributed by atoms with E-state index in [9.17, 15) is 8.78 Å². The number of hydrogen-bond acceptors (Lipinski definition) is 3. The van der Waals surface area contributed by atoms with Gasteiger partial charge >= 0.3 is 0 Å². The second-order valence-corrected chi connectivity index (χ2v) is 8.57. The van der Waals surface area contributed by atoms with Gasteiger partial charge in [0, 0.05) is 43.9 Å². The maximum atomic E-state index is 14.5. The molecule has 33 heavy (non-hydrogen) atoms. The van der Waals surface area contributed by atoms with Gasteiger partial charge < -0.3 is 9.64 Å². The number of ether oxygens (including phenoxy) is 1. The van der Waals surface area contributed by atoms with E-state index >= 15 is 0 Å². The van der Waals surface area contributed by atoms with Gasteiger partial charge in [-0.3, -0.25) is 4.90 Å². The van der Waals surface area contributed by atoms with Crippen molar-refractivity contribution < 1.29 is 13.5 Å². The van der Waals surface area contributed by atoms with E-state index in [1.54, 1.807) is 36.4 Å². The van der Waals surface area contributed by atoms with Crippen molar-refractivity contribution in [2.45, 2.75) is 18.9 Å². The van der Waals surface area contributed by atoms with Crippen molar-refractivity contribution in [3.63, 3.8) is 0 Å². The third-order valence-electron chi connectivity index (χ3n) is 6.31. The second kappa shape index (κ2) is 12.0. The maximum Gasteiger partial charge on any atom is 0.129 e. The van der Waals surface area contributed by atoms with E-state index in [4.69, 9.17) is 4.74 Å². The molecule has 174 valence electrons. The molecule has 0 atom stereocenters. The van der Waals surface area contributed by atoms with Gasteiger partial charge in [0.25, 0.3) is 0 Å². The molecule has 1 aliphatic rings. The number of aryl methyl sites for hydroxylation is 1. The van der Waals surface area contributed by atoms with Crippen LogP contribution in [0, 0.1) is 11.6 Å². The Bertz CT molecular complexity index is 944. The molecule has 4 rings (SSSR count). The van der Waals surface area contributed by atoms with Crippen LogP contribution in [0.3, 0.4) is 0 Å². The Hall–Kier alpha value is -2.60. The summed E-state index contributed by atoms with van der Waals surface area (Å²) in [6.07, 6.45) is 1.52. The average molecular weight is 451 g/mol. The minimum atomic E-state index is -0.758. The minimum Gasteiger partial charge on any atom is -0.367 e. The highest BCUT2D eigenvalue weighted by molar-refractivity contribution is 5.32. The Balaban J connectivity index is 1.25. The molecular formula is C28H32F2N2O. The lowest BCUT2D eigenvalue weighted by atomic mass is 10.0. The van der Waals surface area contributed by atoms with Crippen LogP contribution in [0.15, 0.2) is 78.9 Å². The average Bonchev–Trinajstić information content (AvgIpc) is 2.85. The van der Waals surface area contributed by atoms with E-state index in [1.165, 1.54) is 24.1 Å². The zero-order valence-corrected chi connectivity index (χ0v) is 19.0. The molecule has 1 saturated heterocycles. The topological polar surface area (TPSA) is 15.7 Å². The van der Waals surface area contributed by atoms with Gasteiger partial charge in [-0.2, -0.15) is 0 Å². The summed E-state index contributed by atoms with van der Waals surface area (Å²) in [5.74, 6) is -0.759. The summed E-state index contributed by atoms with van der Waals surface area (Å²) in [6, 6.07) is 23.5. The molecule has 1 fully saturated rings. The van der Waals surface area contributed by atoms with Crippen LogP contribution in [0.25, 0.3) is 0 Å². The lowest BCUT2D eigenvalue weighted by molar-refractivity contribution is 0.0422. The van der Waals surface area contributed by atoms with Crippen molar-refractivity contribution in [3.05, 3.63) is 107 Å². The molecule has 0 bridgehead atoms. The van der Waals surface area contributed by atoms with Gasteiger partial charge in [0.2, 0.25) is 0 Å². The van der Waals surface area contributed by atoms with Gasteiger partial charge in [-0.05, 0) is 37.1 Å². The minimum absolute atomic E-state index is 0.367. The van der Waals surface area contributed by atoms with Gasteiger partial charge in [-0.15, -0.1) is 0 Å². The van der Waals surface area contributed by atoms with Crippen LogP contribution in [0.2, 0.25) is 0 Å². The van der Waals surface area contributed by atoms with E-state index in [-0.39, 0.29) is 11.6 Å². The van der Waals surface area contributed by atoms with E-state index < -0.39 is 6.10 Å². The summed E-state index contributed by atoms with van der Waals surface area (Å²) in [6.45, 7) is 6.33. The molecule has 0 aliphatic carbocycles. The molecule has 5 heteroatoms. The van der Waals surface area contributed by atoms with Crippen LogP contribution >= 0.6 is 0 Å². The Morgan fingerprint density at radius 3 is 1.76 bits per heavy atom. The standard InChI is InChI=1S/C28H32F2N2O/c29-26-14-6-4-12-24(26)28(25-13-5-7-15-27(25)30)33-22-21-32-19-17-31(18-20-32)16-8-11-23-9-2-1-3-10-23/h1-7,9-10,12-15,28H,8,11,16-22H2. The summed E-state index contributed by atoms with van der Waals surface area (Å²) in [5.41, 5.74) is 2.13. The molecule has 3 aromatic rings. The molecule has 0 amide bonds. The number of nitrogens with zero attached hydrogens (tertiary/aromatic N) is 2. The fourth-order valence-corrected chi connectivity index (χ4v) is 4.41. The molecule has 3 aromatic carbocycles. The first kappa shape index (κ1) is 23.6. The Morgan fingerprint density at radius 2 is 1.18 bits per heavy atom. The van der Waals surface area contributed by atoms with Crippen LogP contribution in [-0.4, -0.2) is 55.7 Å². The highest BCUT2D eigenvalue weighted by atomic mass is 19.1. The summed E-state index contributed by atoms with van der Waals surface area (Å²) in [4.78, 5) is 4.88. The SMILES string of the molecule is Fc1ccccc1C(OCCN1CCN(CCCc2ccccc2)CC1)c1ccccc1F. The Morgan fingerprint density at radius 1 is 0.667 bits per heavy atom. The van der Waals surface area contributed by atoms with Crippen LogP contribution in [0.4, 0.5) is 8.78 Å². The normalized spacial score (nSPS) is 15.2. The fourth-order valence-electron chi connectivity index (χ4n) is 4.41. The molecule has 1 aliphatic heterocycles. The van der Waals surface area contributed by atoms with Crippen molar-refractivity contribution in [2.75, 3.05) is 45.9 Å². The first-order valence-electron chi connectivity index (χ1n) is 11.8. The molecule has 0 saturated carbocycles. The number of hydrogen-bond donors (Lipinski definition) is 0. The number of rotatable bonds is 10. The van der Waals surface area contributed by atoms with E-state index in [0.717, 1.165) is 45.7 Å². The van der Waals surface area contributed by atoms with Gasteiger partial charge in [0.15, 0.2) is 0 Å². The fraction of sp³-hybridized carbons (Fsp3) is 0.357. The van der Waals surface area contributed by atoms with Crippen molar-refractivity contribution >= 4 is 0 Å². The molecule has 0 aromatic heterocycles. The zero-order chi connectivity index (χ0) is 22.9. The smallest absolute Gasteiger partial charge is 0.129 e. The van der Waals surface area contributed by atoms with Gasteiger partial charge in [-0.1, -0.05) is 66.7 Å². The number of benzene rings is 3. The van der Waals surface area contributed by atoms with Crippen molar-refractivity contribution in [2.24, 2.45) is 0 Å². The van der Waals surface area contributed by atoms with Gasteiger partial charge in [-0.25, -0.2) is 8.78 Å². The zero-order valence-electron chi connectivity index (χ0n) is 19.0. The molecular weight excluding hydrogens is 418 g/mol. The van der Waals surface area contributed by atoms with Crippen molar-refractivity contribution in [1.82, 2.24) is 9.80 Å². The highest BCUT2D eigenvalue weighted by Gasteiger charge is 2.22. The number of piperazine rings is 1. The Kier molecular flexibility index (Phi) is 8.59. The van der Waals surface area contributed by atoms with Gasteiger partial charge in [0.05, 0.1) is 6.61 Å². The van der Waals surface area contributed by atoms with E-state index in [1.807, 2.05) is 0 Å². The third kappa shape index (κ3) is 6.70. The molecule has 1 heterocycles. The highest BCUT2D eigenvalue weighted by Crippen LogP contribution is 2.29. The number of halogens is 2.